The molecule has 0 saturated heterocycles. The molecular formula is C60H57N3O. The molecule has 9 rings (SSSR count). The van der Waals surface area contributed by atoms with Crippen LogP contribution >= 0.6 is 0 Å². The minimum Gasteiger partial charge on any atom is -0.507 e. The van der Waals surface area contributed by atoms with Crippen molar-refractivity contribution in [3.63, 3.8) is 0 Å². The number of hydrogen-bond donors (Lipinski definition) is 1. The van der Waals surface area contributed by atoms with Gasteiger partial charge < -0.3 is 5.11 Å². The summed E-state index contributed by atoms with van der Waals surface area (Å²) in [6, 6.07) is 54.2. The summed E-state index contributed by atoms with van der Waals surface area (Å²) in [7, 11) is 0. The number of fused-ring (bicyclic) bond motifs is 1. The van der Waals surface area contributed by atoms with E-state index in [2.05, 4.69) is 181 Å². The highest BCUT2D eigenvalue weighted by molar-refractivity contribution is 5.98. The SMILES string of the molecule is [2H]C([2H])([2H])c1ccc(-c2ccnc(-c3cc(-c4ccccc4)cc(-c4cccc5c4nc(-c4cc(C(C)C)cc(C(C)C)c4O)n5-c4ccc(C)cc4-c4ccc(C(C)(C)C)cc4)c3)c2)cc1. The maximum absolute atomic E-state index is 12.3. The number of nitrogens with zero attached hydrogens (tertiary/aromatic N) is 3. The standard InChI is InChI=1S/C60H57N3O/c1-37(2)45-34-51(38(3)4)58(64)53(35-45)59-62-57-50(16-13-17-56(57)63(59)55-27-20-40(6)30-52(55)43-23-25-49(26-24-43)60(7,8)9)47-31-46(41-14-11-10-12-15-41)32-48(33-47)54-36-44(28-29-61-54)42-21-18-39(5)19-22-42/h10-38,64H,1-9H3/i5D3. The van der Waals surface area contributed by atoms with Gasteiger partial charge in [0.05, 0.1) is 28.0 Å². The van der Waals surface area contributed by atoms with Crippen LogP contribution in [0.1, 0.15) is 92.2 Å². The second-order valence-corrected chi connectivity index (χ2v) is 18.8. The number of hydrogen-bond acceptors (Lipinski definition) is 3. The molecule has 0 bridgehead atoms. The fourth-order valence-corrected chi connectivity index (χ4v) is 8.77. The first-order valence-electron chi connectivity index (χ1n) is 23.8. The summed E-state index contributed by atoms with van der Waals surface area (Å²) >= 11 is 0. The smallest absolute Gasteiger partial charge is 0.149 e. The highest BCUT2D eigenvalue weighted by Gasteiger charge is 2.25. The fourth-order valence-electron chi connectivity index (χ4n) is 8.77. The molecule has 0 atom stereocenters. The third-order valence-corrected chi connectivity index (χ3v) is 12.5. The Kier molecular flexibility index (Phi) is 10.2. The van der Waals surface area contributed by atoms with Crippen molar-refractivity contribution in [3.8, 4) is 78.6 Å². The van der Waals surface area contributed by atoms with E-state index >= 15 is 0 Å². The molecule has 7 aromatic carbocycles. The van der Waals surface area contributed by atoms with E-state index < -0.39 is 6.85 Å². The Bertz CT molecular complexity index is 3270. The van der Waals surface area contributed by atoms with Gasteiger partial charge in [0.25, 0.3) is 0 Å². The molecule has 0 fully saturated rings. The van der Waals surface area contributed by atoms with Gasteiger partial charge in [-0.3, -0.25) is 9.55 Å². The molecule has 0 amide bonds. The molecule has 64 heavy (non-hydrogen) atoms. The summed E-state index contributed by atoms with van der Waals surface area (Å²) in [6.07, 6.45) is 1.81. The van der Waals surface area contributed by atoms with Crippen molar-refractivity contribution < 1.29 is 9.22 Å². The number of pyridine rings is 1. The number of rotatable bonds is 9. The Hall–Kier alpha value is -7.04. The van der Waals surface area contributed by atoms with Gasteiger partial charge in [0.2, 0.25) is 0 Å². The van der Waals surface area contributed by atoms with Gasteiger partial charge in [-0.2, -0.15) is 0 Å². The lowest BCUT2D eigenvalue weighted by Crippen LogP contribution is -2.10. The lowest BCUT2D eigenvalue weighted by atomic mass is 9.86. The molecule has 1 N–H and O–H groups in total. The maximum Gasteiger partial charge on any atom is 0.149 e. The van der Waals surface area contributed by atoms with E-state index in [4.69, 9.17) is 14.1 Å². The second-order valence-electron chi connectivity index (χ2n) is 18.8. The van der Waals surface area contributed by atoms with Gasteiger partial charge in [-0.15, -0.1) is 0 Å². The first kappa shape index (κ1) is 38.6. The van der Waals surface area contributed by atoms with E-state index in [0.717, 1.165) is 89.2 Å². The lowest BCUT2D eigenvalue weighted by Gasteiger charge is -2.21. The van der Waals surface area contributed by atoms with Crippen molar-refractivity contribution in [1.82, 2.24) is 14.5 Å². The lowest BCUT2D eigenvalue weighted by molar-refractivity contribution is 0.466. The number of para-hydroxylation sites is 1. The van der Waals surface area contributed by atoms with Crippen LogP contribution in [0.4, 0.5) is 0 Å². The van der Waals surface area contributed by atoms with E-state index in [1.165, 1.54) is 5.56 Å². The molecule has 0 unspecified atom stereocenters. The molecule has 318 valence electrons. The quantitative estimate of drug-likeness (QED) is 0.158. The van der Waals surface area contributed by atoms with Gasteiger partial charge >= 0.3 is 0 Å². The van der Waals surface area contributed by atoms with Crippen LogP contribution < -0.4 is 0 Å². The fraction of sp³-hybridized carbons (Fsp3) is 0.200. The molecule has 0 aliphatic heterocycles. The molecule has 0 spiro atoms. The molecule has 2 aromatic heterocycles. The van der Waals surface area contributed by atoms with E-state index in [9.17, 15) is 5.11 Å². The predicted molar refractivity (Wildman–Crippen MR) is 269 cm³/mol. The number of aromatic hydroxyl groups is 1. The summed E-state index contributed by atoms with van der Waals surface area (Å²) in [4.78, 5) is 10.5. The minimum atomic E-state index is -2.17. The Morgan fingerprint density at radius 1 is 0.562 bits per heavy atom. The van der Waals surface area contributed by atoms with E-state index in [0.29, 0.717) is 17.0 Å². The Morgan fingerprint density at radius 3 is 1.95 bits per heavy atom. The zero-order valence-corrected chi connectivity index (χ0v) is 38.0. The second kappa shape index (κ2) is 16.9. The van der Waals surface area contributed by atoms with Crippen molar-refractivity contribution in [3.05, 3.63) is 192 Å². The average molecular weight is 839 g/mol. The summed E-state index contributed by atoms with van der Waals surface area (Å²) < 4.78 is 25.8. The summed E-state index contributed by atoms with van der Waals surface area (Å²) in [6.45, 7) is 15.3. The topological polar surface area (TPSA) is 50.9 Å². The van der Waals surface area contributed by atoms with E-state index in [-0.39, 0.29) is 23.0 Å². The third kappa shape index (κ3) is 8.17. The van der Waals surface area contributed by atoms with Crippen LogP contribution in [0.5, 0.6) is 5.75 Å². The minimum absolute atomic E-state index is 0.0108. The van der Waals surface area contributed by atoms with Crippen LogP contribution in [0.3, 0.4) is 0 Å². The van der Waals surface area contributed by atoms with Crippen molar-refractivity contribution in [2.45, 2.75) is 79.5 Å². The van der Waals surface area contributed by atoms with Crippen LogP contribution in [-0.4, -0.2) is 19.6 Å². The van der Waals surface area contributed by atoms with E-state index in [1.807, 2.05) is 30.5 Å². The van der Waals surface area contributed by atoms with Gasteiger partial charge in [0.1, 0.15) is 11.6 Å². The van der Waals surface area contributed by atoms with Gasteiger partial charge in [-0.25, -0.2) is 4.98 Å². The molecule has 0 aliphatic carbocycles. The monoisotopic (exact) mass is 838 g/mol. The van der Waals surface area contributed by atoms with E-state index in [1.54, 1.807) is 12.1 Å². The Labute approximate surface area is 383 Å². The van der Waals surface area contributed by atoms with Crippen molar-refractivity contribution in [1.29, 1.82) is 0 Å². The summed E-state index contributed by atoms with van der Waals surface area (Å²) in [5, 5.41) is 12.3. The Morgan fingerprint density at radius 2 is 1.25 bits per heavy atom. The molecule has 0 radical (unpaired) electrons. The number of imidazole rings is 1. The van der Waals surface area contributed by atoms with Crippen molar-refractivity contribution in [2.24, 2.45) is 0 Å². The van der Waals surface area contributed by atoms with Gasteiger partial charge in [0, 0.05) is 27.0 Å². The zero-order chi connectivity index (χ0) is 47.4. The molecule has 0 aliphatic rings. The largest absolute Gasteiger partial charge is 0.507 e. The van der Waals surface area contributed by atoms with Gasteiger partial charge in [0.15, 0.2) is 0 Å². The molecule has 4 heteroatoms. The molecule has 9 aromatic rings. The van der Waals surface area contributed by atoms with Crippen LogP contribution in [0.25, 0.3) is 83.9 Å². The van der Waals surface area contributed by atoms with Gasteiger partial charge in [-0.1, -0.05) is 163 Å². The van der Waals surface area contributed by atoms with Crippen LogP contribution in [0.15, 0.2) is 164 Å². The zero-order valence-electron chi connectivity index (χ0n) is 41.0. The number of aromatic nitrogens is 3. The van der Waals surface area contributed by atoms with Crippen LogP contribution in [-0.2, 0) is 5.41 Å². The predicted octanol–water partition coefficient (Wildman–Crippen LogP) is 16.3. The molecule has 0 saturated carbocycles. The first-order valence-corrected chi connectivity index (χ1v) is 22.3. The van der Waals surface area contributed by atoms with Gasteiger partial charge in [-0.05, 0) is 136 Å². The maximum atomic E-state index is 12.3. The molecule has 2 heterocycles. The number of phenols is 1. The molecule has 4 nitrogen and oxygen atoms in total. The third-order valence-electron chi connectivity index (χ3n) is 12.5. The highest BCUT2D eigenvalue weighted by Crippen LogP contribution is 2.44. The van der Waals surface area contributed by atoms with Crippen molar-refractivity contribution >= 4 is 11.0 Å². The van der Waals surface area contributed by atoms with Crippen molar-refractivity contribution in [2.75, 3.05) is 0 Å². The van der Waals surface area contributed by atoms with Crippen LogP contribution in [0, 0.1) is 13.8 Å². The van der Waals surface area contributed by atoms with Crippen LogP contribution in [0.2, 0.25) is 0 Å². The normalized spacial score (nSPS) is 12.8. The highest BCUT2D eigenvalue weighted by atomic mass is 16.3. The number of aryl methyl sites for hydroxylation is 2. The number of phenolic OH excluding ortho intramolecular Hbond substituents is 1. The number of benzene rings is 7. The average Bonchev–Trinajstić information content (AvgIpc) is 3.70. The molecular weight excluding hydrogens is 779 g/mol. The Balaban J connectivity index is 1.30. The summed E-state index contributed by atoms with van der Waals surface area (Å²) in [5.41, 5.74) is 17.9. The first-order chi connectivity index (χ1) is 31.9. The summed E-state index contributed by atoms with van der Waals surface area (Å²) in [5.74, 6) is 1.22.